The number of rotatable bonds is 1. The second-order valence-electron chi connectivity index (χ2n) is 4.07. The summed E-state index contributed by atoms with van der Waals surface area (Å²) in [6.07, 6.45) is 3.27. The number of nitrogens with one attached hydrogen (secondary N) is 1. The van der Waals surface area contributed by atoms with Crippen molar-refractivity contribution in [2.45, 2.75) is 13.8 Å². The summed E-state index contributed by atoms with van der Waals surface area (Å²) in [6.45, 7) is 3.70. The second kappa shape index (κ2) is 4.44. The minimum Gasteiger partial charge on any atom is -0.508 e. The zero-order valence-electron chi connectivity index (χ0n) is 10.2. The molecule has 0 aromatic heterocycles. The fraction of sp³-hybridized carbons (Fsp3) is 0.154. The van der Waals surface area contributed by atoms with Crippen LogP contribution in [-0.2, 0) is 0 Å². The van der Waals surface area contributed by atoms with E-state index in [1.54, 1.807) is 24.3 Å². The third kappa shape index (κ3) is 2.15. The molecule has 0 spiro atoms. The molecule has 4 N–H and O–H groups in total. The van der Waals surface area contributed by atoms with Crippen LogP contribution >= 0.6 is 0 Å². The third-order valence-electron chi connectivity index (χ3n) is 2.87. The van der Waals surface area contributed by atoms with Gasteiger partial charge in [-0.05, 0) is 49.3 Å². The first-order valence-electron chi connectivity index (χ1n) is 5.48. The number of benzene rings is 1. The van der Waals surface area contributed by atoms with Gasteiger partial charge < -0.3 is 10.8 Å². The Morgan fingerprint density at radius 2 is 1.94 bits per heavy atom. The van der Waals surface area contributed by atoms with Gasteiger partial charge in [-0.25, -0.2) is 9.98 Å². The van der Waals surface area contributed by atoms with Gasteiger partial charge >= 0.3 is 0 Å². The quantitative estimate of drug-likeness (QED) is 0.702. The lowest BCUT2D eigenvalue weighted by molar-refractivity contribution is 0.470. The molecular formula is C13H14N4O. The SMILES string of the molecule is Cc1c(O)ccc(N=C2C=CC(N)=NC2=N)c1C. The molecule has 1 heterocycles. The lowest BCUT2D eigenvalue weighted by atomic mass is 10.1. The summed E-state index contributed by atoms with van der Waals surface area (Å²) in [5.74, 6) is 0.589. The predicted molar refractivity (Wildman–Crippen MR) is 73.2 cm³/mol. The molecule has 92 valence electrons. The maximum absolute atomic E-state index is 9.57. The standard InChI is InChI=1S/C13H14N4O/c1-7-8(2)11(18)5-3-9(7)16-10-4-6-12(14)17-13(10)15/h3-6,18H,1-2H3,(H3,14,15,17). The molecule has 1 aromatic rings. The van der Waals surface area contributed by atoms with E-state index in [0.717, 1.165) is 11.1 Å². The number of dihydropyridines is 1. The van der Waals surface area contributed by atoms with Gasteiger partial charge in [-0.3, -0.25) is 5.41 Å². The molecular weight excluding hydrogens is 228 g/mol. The molecule has 0 atom stereocenters. The Morgan fingerprint density at radius 3 is 2.61 bits per heavy atom. The smallest absolute Gasteiger partial charge is 0.172 e. The fourth-order valence-corrected chi connectivity index (χ4v) is 1.60. The minimum absolute atomic E-state index is 0.0418. The van der Waals surface area contributed by atoms with Crippen molar-refractivity contribution in [1.82, 2.24) is 0 Å². The molecule has 0 amide bonds. The molecule has 0 saturated heterocycles. The van der Waals surface area contributed by atoms with Crippen molar-refractivity contribution in [3.63, 3.8) is 0 Å². The van der Waals surface area contributed by atoms with Crippen LogP contribution in [0.4, 0.5) is 5.69 Å². The van der Waals surface area contributed by atoms with Crippen LogP contribution < -0.4 is 5.73 Å². The van der Waals surface area contributed by atoms with Gasteiger partial charge in [0.25, 0.3) is 0 Å². The summed E-state index contributed by atoms with van der Waals surface area (Å²) in [6, 6.07) is 3.31. The number of hydrogen-bond donors (Lipinski definition) is 3. The van der Waals surface area contributed by atoms with Gasteiger partial charge in [0.15, 0.2) is 5.84 Å². The van der Waals surface area contributed by atoms with Gasteiger partial charge in [0.1, 0.15) is 17.3 Å². The van der Waals surface area contributed by atoms with E-state index < -0.39 is 0 Å². The van der Waals surface area contributed by atoms with Crippen molar-refractivity contribution >= 4 is 23.1 Å². The number of phenols is 1. The normalized spacial score (nSPS) is 17.1. The number of nitrogens with two attached hydrogens (primary N) is 1. The largest absolute Gasteiger partial charge is 0.508 e. The average molecular weight is 242 g/mol. The van der Waals surface area contributed by atoms with Crippen molar-refractivity contribution in [3.8, 4) is 5.75 Å². The highest BCUT2D eigenvalue weighted by molar-refractivity contribution is 6.48. The van der Waals surface area contributed by atoms with Crippen LogP contribution in [0.25, 0.3) is 0 Å². The fourth-order valence-electron chi connectivity index (χ4n) is 1.60. The Bertz CT molecular complexity index is 612. The summed E-state index contributed by atoms with van der Waals surface area (Å²) in [5, 5.41) is 17.3. The lowest BCUT2D eigenvalue weighted by Crippen LogP contribution is -2.20. The molecule has 1 aliphatic heterocycles. The topological polar surface area (TPSA) is 94.8 Å². The minimum atomic E-state index is 0.0418. The van der Waals surface area contributed by atoms with Gasteiger partial charge in [-0.15, -0.1) is 0 Å². The summed E-state index contributed by atoms with van der Waals surface area (Å²) >= 11 is 0. The first-order chi connectivity index (χ1) is 8.49. The molecule has 0 fully saturated rings. The van der Waals surface area contributed by atoms with E-state index in [0.29, 0.717) is 17.2 Å². The summed E-state index contributed by atoms with van der Waals surface area (Å²) in [7, 11) is 0. The number of hydrogen-bond acceptors (Lipinski definition) is 4. The van der Waals surface area contributed by atoms with Crippen LogP contribution in [0, 0.1) is 19.3 Å². The van der Waals surface area contributed by atoms with Gasteiger partial charge in [-0.1, -0.05) is 0 Å². The molecule has 0 bridgehead atoms. The lowest BCUT2D eigenvalue weighted by Gasteiger charge is -2.09. The maximum atomic E-state index is 9.57. The average Bonchev–Trinajstić information content (AvgIpc) is 2.33. The van der Waals surface area contributed by atoms with E-state index in [2.05, 4.69) is 9.98 Å². The first kappa shape index (κ1) is 12.0. The van der Waals surface area contributed by atoms with Crippen molar-refractivity contribution in [1.29, 1.82) is 5.41 Å². The highest BCUT2D eigenvalue weighted by Gasteiger charge is 2.10. The van der Waals surface area contributed by atoms with E-state index in [-0.39, 0.29) is 11.6 Å². The summed E-state index contributed by atoms with van der Waals surface area (Å²) < 4.78 is 0. The number of amidine groups is 2. The Hall–Kier alpha value is -2.43. The zero-order valence-corrected chi connectivity index (χ0v) is 10.2. The van der Waals surface area contributed by atoms with Gasteiger partial charge in [0.2, 0.25) is 0 Å². The van der Waals surface area contributed by atoms with Crippen molar-refractivity contribution < 1.29 is 5.11 Å². The van der Waals surface area contributed by atoms with Crippen LogP contribution in [0.15, 0.2) is 34.3 Å². The van der Waals surface area contributed by atoms with Crippen molar-refractivity contribution in [3.05, 3.63) is 35.4 Å². The Labute approximate surface area is 105 Å². The molecule has 0 aliphatic carbocycles. The van der Waals surface area contributed by atoms with E-state index in [9.17, 15) is 5.11 Å². The van der Waals surface area contributed by atoms with E-state index in [1.807, 2.05) is 13.8 Å². The van der Waals surface area contributed by atoms with Crippen molar-refractivity contribution in [2.24, 2.45) is 15.7 Å². The number of aliphatic imine (C=N–C) groups is 2. The zero-order chi connectivity index (χ0) is 13.3. The van der Waals surface area contributed by atoms with Crippen LogP contribution in [0.2, 0.25) is 0 Å². The van der Waals surface area contributed by atoms with Gasteiger partial charge in [0.05, 0.1) is 5.69 Å². The first-order valence-corrected chi connectivity index (χ1v) is 5.48. The Kier molecular flexibility index (Phi) is 2.97. The van der Waals surface area contributed by atoms with E-state index >= 15 is 0 Å². The van der Waals surface area contributed by atoms with E-state index in [1.165, 1.54) is 0 Å². The number of nitrogens with zero attached hydrogens (tertiary/aromatic N) is 2. The second-order valence-corrected chi connectivity index (χ2v) is 4.07. The Morgan fingerprint density at radius 1 is 1.22 bits per heavy atom. The molecule has 5 heteroatoms. The molecule has 18 heavy (non-hydrogen) atoms. The van der Waals surface area contributed by atoms with Gasteiger partial charge in [-0.2, -0.15) is 0 Å². The molecule has 1 aromatic carbocycles. The maximum Gasteiger partial charge on any atom is 0.172 e. The van der Waals surface area contributed by atoms with Crippen LogP contribution in [-0.4, -0.2) is 22.5 Å². The summed E-state index contributed by atoms with van der Waals surface area (Å²) in [5.41, 5.74) is 8.32. The monoisotopic (exact) mass is 242 g/mol. The van der Waals surface area contributed by atoms with Crippen LogP contribution in [0.5, 0.6) is 5.75 Å². The number of phenolic OH excluding ortho intramolecular Hbond substituents is 1. The Balaban J connectivity index is 2.44. The number of aromatic hydroxyl groups is 1. The molecule has 0 radical (unpaired) electrons. The van der Waals surface area contributed by atoms with Crippen LogP contribution in [0.1, 0.15) is 11.1 Å². The molecule has 5 nitrogen and oxygen atoms in total. The highest BCUT2D eigenvalue weighted by Crippen LogP contribution is 2.28. The molecule has 0 saturated carbocycles. The highest BCUT2D eigenvalue weighted by atomic mass is 16.3. The predicted octanol–water partition coefficient (Wildman–Crippen LogP) is 1.99. The van der Waals surface area contributed by atoms with E-state index in [4.69, 9.17) is 11.1 Å². The van der Waals surface area contributed by atoms with Crippen molar-refractivity contribution in [2.75, 3.05) is 0 Å². The molecule has 0 unspecified atom stereocenters. The molecule has 2 rings (SSSR count). The third-order valence-corrected chi connectivity index (χ3v) is 2.87. The van der Waals surface area contributed by atoms with Gasteiger partial charge in [0, 0.05) is 0 Å². The van der Waals surface area contributed by atoms with Crippen LogP contribution in [0.3, 0.4) is 0 Å². The molecule has 1 aliphatic rings. The summed E-state index contributed by atoms with van der Waals surface area (Å²) in [4.78, 5) is 8.21.